The largest absolute Gasteiger partial charge is 0.461 e. The number of hydrogen-bond acceptors (Lipinski definition) is 6. The smallest absolute Gasteiger partial charge is 0.332 e. The number of benzene rings is 1. The number of esters is 1. The molecule has 0 aliphatic carbocycles. The molecule has 37 heavy (non-hydrogen) atoms. The minimum atomic E-state index is -0.654. The molecule has 10 heteroatoms. The van der Waals surface area contributed by atoms with Crippen LogP contribution >= 0.6 is 0 Å². The Hall–Kier alpha value is -3.24. The molecule has 3 aromatic rings. The summed E-state index contributed by atoms with van der Waals surface area (Å²) >= 11 is 0. The van der Waals surface area contributed by atoms with E-state index in [0.717, 1.165) is 53.3 Å². The summed E-state index contributed by atoms with van der Waals surface area (Å²) in [5, 5.41) is 9.83. The molecule has 2 fully saturated rings. The molecule has 5 atom stereocenters. The molecule has 0 spiro atoms. The SMILES string of the molecule is Cn1c(=O)c2c(ncn2CCC[N+]2(C)[C@@H]3CC[C@H]2CC(OC(=O)[C@H](CO)c2ccccc2)C3)n(C)c1=O. The average molecular weight is 511 g/mol. The van der Waals surface area contributed by atoms with Crippen molar-refractivity contribution in [2.24, 2.45) is 14.1 Å². The van der Waals surface area contributed by atoms with Crippen molar-refractivity contribution in [3.8, 4) is 0 Å². The molecule has 0 radical (unpaired) electrons. The Bertz CT molecular complexity index is 1390. The van der Waals surface area contributed by atoms with Gasteiger partial charge in [-0.2, -0.15) is 0 Å². The van der Waals surface area contributed by atoms with Gasteiger partial charge in [0, 0.05) is 52.7 Å². The molecule has 0 saturated carbocycles. The topological polar surface area (TPSA) is 108 Å². The number of piperidine rings is 1. The molecule has 2 bridgehead atoms. The van der Waals surface area contributed by atoms with E-state index in [1.54, 1.807) is 13.4 Å². The first-order valence-electron chi connectivity index (χ1n) is 13.1. The van der Waals surface area contributed by atoms with E-state index in [-0.39, 0.29) is 29.9 Å². The number of aromatic nitrogens is 4. The zero-order chi connectivity index (χ0) is 26.3. The van der Waals surface area contributed by atoms with E-state index in [4.69, 9.17) is 4.74 Å². The van der Waals surface area contributed by atoms with Crippen LogP contribution in [0.3, 0.4) is 0 Å². The van der Waals surface area contributed by atoms with Crippen LogP contribution in [-0.4, -0.2) is 72.6 Å². The van der Waals surface area contributed by atoms with E-state index >= 15 is 0 Å². The maximum absolute atomic E-state index is 12.9. The number of quaternary nitrogens is 1. The first-order valence-corrected chi connectivity index (χ1v) is 13.1. The lowest BCUT2D eigenvalue weighted by atomic mass is 9.95. The summed E-state index contributed by atoms with van der Waals surface area (Å²) in [5.74, 6) is -1.00. The first-order chi connectivity index (χ1) is 17.7. The van der Waals surface area contributed by atoms with E-state index in [2.05, 4.69) is 12.0 Å². The van der Waals surface area contributed by atoms with Crippen LogP contribution < -0.4 is 11.2 Å². The molecule has 2 aliphatic rings. The summed E-state index contributed by atoms with van der Waals surface area (Å²) in [4.78, 5) is 42.2. The third-order valence-electron chi connectivity index (χ3n) is 8.78. The number of fused-ring (bicyclic) bond motifs is 3. The Morgan fingerprint density at radius 2 is 1.81 bits per heavy atom. The molecule has 2 aromatic heterocycles. The lowest BCUT2D eigenvalue weighted by Crippen LogP contribution is -2.59. The number of aliphatic hydroxyl groups excluding tert-OH is 1. The van der Waals surface area contributed by atoms with Crippen molar-refractivity contribution in [3.05, 3.63) is 63.1 Å². The van der Waals surface area contributed by atoms with Gasteiger partial charge in [0.15, 0.2) is 11.2 Å². The van der Waals surface area contributed by atoms with Gasteiger partial charge >= 0.3 is 11.7 Å². The lowest BCUT2D eigenvalue weighted by molar-refractivity contribution is -0.949. The summed E-state index contributed by atoms with van der Waals surface area (Å²) < 4.78 is 11.3. The number of nitrogens with zero attached hydrogens (tertiary/aromatic N) is 5. The minimum Gasteiger partial charge on any atom is -0.461 e. The Kier molecular flexibility index (Phi) is 6.80. The first kappa shape index (κ1) is 25.4. The van der Waals surface area contributed by atoms with Gasteiger partial charge in [0.25, 0.3) is 5.56 Å². The number of rotatable bonds is 8. The Labute approximate surface area is 215 Å². The Morgan fingerprint density at radius 3 is 2.46 bits per heavy atom. The Morgan fingerprint density at radius 1 is 1.14 bits per heavy atom. The van der Waals surface area contributed by atoms with Crippen LogP contribution in [0.4, 0.5) is 0 Å². The van der Waals surface area contributed by atoms with Gasteiger partial charge in [0.05, 0.1) is 38.6 Å². The summed E-state index contributed by atoms with van der Waals surface area (Å²) in [6.07, 6.45) is 6.24. The minimum absolute atomic E-state index is 0.129. The van der Waals surface area contributed by atoms with Gasteiger partial charge in [-0.05, 0) is 5.56 Å². The van der Waals surface area contributed by atoms with Crippen molar-refractivity contribution < 1.29 is 19.1 Å². The van der Waals surface area contributed by atoms with Crippen LogP contribution in [0.25, 0.3) is 11.2 Å². The number of aryl methyl sites for hydroxylation is 2. The monoisotopic (exact) mass is 510 g/mol. The van der Waals surface area contributed by atoms with Crippen LogP contribution in [0.2, 0.25) is 0 Å². The highest BCUT2D eigenvalue weighted by Crippen LogP contribution is 2.42. The number of hydrogen-bond donors (Lipinski definition) is 1. The van der Waals surface area contributed by atoms with Crippen molar-refractivity contribution >= 4 is 17.1 Å². The van der Waals surface area contributed by atoms with Crippen LogP contribution in [0.15, 0.2) is 46.2 Å². The zero-order valence-corrected chi connectivity index (χ0v) is 21.7. The van der Waals surface area contributed by atoms with Crippen LogP contribution in [0.5, 0.6) is 0 Å². The normalized spacial score (nSPS) is 25.9. The highest BCUT2D eigenvalue weighted by atomic mass is 16.5. The van der Waals surface area contributed by atoms with Crippen LogP contribution in [0.1, 0.15) is 43.6 Å². The Balaban J connectivity index is 1.23. The van der Waals surface area contributed by atoms with E-state index in [1.807, 2.05) is 34.9 Å². The molecule has 5 rings (SSSR count). The molecular weight excluding hydrogens is 474 g/mol. The quantitative estimate of drug-likeness (QED) is 0.361. The van der Waals surface area contributed by atoms with E-state index in [1.165, 1.54) is 11.6 Å². The van der Waals surface area contributed by atoms with E-state index < -0.39 is 5.92 Å². The fourth-order valence-corrected chi connectivity index (χ4v) is 6.55. The highest BCUT2D eigenvalue weighted by Gasteiger charge is 2.52. The molecule has 0 amide bonds. The fourth-order valence-electron chi connectivity index (χ4n) is 6.55. The number of ether oxygens (including phenoxy) is 1. The van der Waals surface area contributed by atoms with Gasteiger partial charge in [-0.25, -0.2) is 9.78 Å². The van der Waals surface area contributed by atoms with E-state index in [0.29, 0.717) is 29.8 Å². The van der Waals surface area contributed by atoms with Crippen molar-refractivity contribution in [1.82, 2.24) is 18.7 Å². The number of aliphatic hydroxyl groups is 1. The van der Waals surface area contributed by atoms with Crippen LogP contribution in [0, 0.1) is 0 Å². The van der Waals surface area contributed by atoms with Crippen molar-refractivity contribution in [1.29, 1.82) is 0 Å². The number of imidazole rings is 1. The summed E-state index contributed by atoms with van der Waals surface area (Å²) in [6, 6.07) is 10.1. The third-order valence-corrected chi connectivity index (χ3v) is 8.78. The van der Waals surface area contributed by atoms with Crippen LogP contribution in [-0.2, 0) is 30.2 Å². The second kappa shape index (κ2) is 9.90. The maximum Gasteiger partial charge on any atom is 0.332 e. The zero-order valence-electron chi connectivity index (χ0n) is 21.7. The molecule has 1 aromatic carbocycles. The molecule has 2 aliphatic heterocycles. The maximum atomic E-state index is 12.9. The molecule has 198 valence electrons. The molecule has 1 N–H and O–H groups in total. The van der Waals surface area contributed by atoms with Gasteiger partial charge in [0.1, 0.15) is 12.0 Å². The third kappa shape index (κ3) is 4.42. The van der Waals surface area contributed by atoms with Gasteiger partial charge in [0.2, 0.25) is 0 Å². The van der Waals surface area contributed by atoms with Crippen molar-refractivity contribution in [3.63, 3.8) is 0 Å². The fraction of sp³-hybridized carbons (Fsp3) is 0.556. The molecular formula is C27H36N5O5+. The number of carbonyl (C=O) groups is 1. The van der Waals surface area contributed by atoms with Gasteiger partial charge < -0.3 is 18.9 Å². The molecule has 2 unspecified atom stereocenters. The van der Waals surface area contributed by atoms with Gasteiger partial charge in [-0.1, -0.05) is 30.3 Å². The second-order valence-electron chi connectivity index (χ2n) is 10.8. The molecule has 10 nitrogen and oxygen atoms in total. The lowest BCUT2D eigenvalue weighted by Gasteiger charge is -2.47. The number of carbonyl (C=O) groups excluding carboxylic acids is 1. The summed E-state index contributed by atoms with van der Waals surface area (Å²) in [7, 11) is 5.42. The van der Waals surface area contributed by atoms with Crippen molar-refractivity contribution in [2.45, 2.75) is 62.8 Å². The second-order valence-corrected chi connectivity index (χ2v) is 10.8. The molecule has 4 heterocycles. The predicted molar refractivity (Wildman–Crippen MR) is 138 cm³/mol. The van der Waals surface area contributed by atoms with E-state index in [9.17, 15) is 19.5 Å². The summed E-state index contributed by atoms with van der Waals surface area (Å²) in [5.41, 5.74) is 0.937. The molecule has 2 saturated heterocycles. The van der Waals surface area contributed by atoms with Gasteiger partial charge in [-0.3, -0.25) is 18.7 Å². The standard InChI is InChI=1S/C27H36N5O5/c1-29-24-23(25(34)30(2)27(29)36)31(17-28-24)12-7-13-32(3)19-10-11-20(32)15-21(14-19)37-26(35)22(16-33)18-8-5-4-6-9-18/h4-6,8-9,17,19-22,33H,7,10-16H2,1-3H3/q+1/t19-,20+,21?,22-,32?/m1/s1. The summed E-state index contributed by atoms with van der Waals surface area (Å²) in [6.45, 7) is 1.33. The van der Waals surface area contributed by atoms with Crippen molar-refractivity contribution in [2.75, 3.05) is 20.2 Å². The average Bonchev–Trinajstić information content (AvgIpc) is 3.35. The highest BCUT2D eigenvalue weighted by molar-refractivity contribution is 5.78. The van der Waals surface area contributed by atoms with Gasteiger partial charge in [-0.15, -0.1) is 0 Å². The predicted octanol–water partition coefficient (Wildman–Crippen LogP) is 1.28.